The van der Waals surface area contributed by atoms with E-state index in [0.717, 1.165) is 0 Å². The number of nitrogens with zero attached hydrogens (tertiary/aromatic N) is 4. The number of carboxylic acid groups (broad SMARTS) is 1. The van der Waals surface area contributed by atoms with Gasteiger partial charge in [0.2, 0.25) is 0 Å². The molecule has 6 heteroatoms. The second-order valence-electron chi connectivity index (χ2n) is 3.57. The van der Waals surface area contributed by atoms with E-state index in [0.29, 0.717) is 23.8 Å². The Labute approximate surface area is 98.0 Å². The Morgan fingerprint density at radius 2 is 2.24 bits per heavy atom. The Hall–Kier alpha value is -2.24. The summed E-state index contributed by atoms with van der Waals surface area (Å²) in [5.41, 5.74) is 0.663. The predicted molar refractivity (Wildman–Crippen MR) is 60.6 cm³/mol. The Kier molecular flexibility index (Phi) is 2.86. The summed E-state index contributed by atoms with van der Waals surface area (Å²) in [6, 6.07) is 0. The van der Waals surface area contributed by atoms with Crippen LogP contribution < -0.4 is 0 Å². The van der Waals surface area contributed by atoms with Crippen molar-refractivity contribution in [2.24, 2.45) is 7.05 Å². The van der Waals surface area contributed by atoms with Crippen LogP contribution in [-0.4, -0.2) is 30.6 Å². The Bertz CT molecular complexity index is 562. The molecule has 0 spiro atoms. The van der Waals surface area contributed by atoms with Crippen LogP contribution in [0.4, 0.5) is 0 Å². The lowest BCUT2D eigenvalue weighted by Crippen LogP contribution is -2.08. The average molecular weight is 232 g/mol. The molecule has 2 rings (SSSR count). The molecule has 0 aliphatic heterocycles. The molecule has 2 aromatic heterocycles. The Morgan fingerprint density at radius 1 is 1.47 bits per heavy atom. The van der Waals surface area contributed by atoms with Crippen molar-refractivity contribution in [3.05, 3.63) is 29.8 Å². The highest BCUT2D eigenvalue weighted by Crippen LogP contribution is 2.14. The summed E-state index contributed by atoms with van der Waals surface area (Å²) in [6.45, 7) is 1.86. The number of aromatic carboxylic acids is 1. The summed E-state index contributed by atoms with van der Waals surface area (Å²) in [5.74, 6) is 0.0595. The van der Waals surface area contributed by atoms with E-state index in [2.05, 4.69) is 15.0 Å². The van der Waals surface area contributed by atoms with Crippen molar-refractivity contribution < 1.29 is 9.90 Å². The Balaban J connectivity index is 2.52. The van der Waals surface area contributed by atoms with E-state index in [-0.39, 0.29) is 5.56 Å². The minimum absolute atomic E-state index is 0.144. The van der Waals surface area contributed by atoms with Gasteiger partial charge in [0, 0.05) is 25.6 Å². The molecule has 0 aliphatic carbocycles. The number of carboxylic acids is 1. The van der Waals surface area contributed by atoms with Crippen LogP contribution in [0.3, 0.4) is 0 Å². The first kappa shape index (κ1) is 11.3. The first-order valence-corrected chi connectivity index (χ1v) is 5.20. The van der Waals surface area contributed by atoms with Crippen LogP contribution in [-0.2, 0) is 13.5 Å². The molecule has 0 atom stereocenters. The maximum atomic E-state index is 10.9. The van der Waals surface area contributed by atoms with Gasteiger partial charge in [-0.2, -0.15) is 0 Å². The van der Waals surface area contributed by atoms with Crippen LogP contribution in [0.5, 0.6) is 0 Å². The zero-order valence-corrected chi connectivity index (χ0v) is 9.58. The van der Waals surface area contributed by atoms with Gasteiger partial charge in [0.15, 0.2) is 11.6 Å². The number of carbonyl (C=O) groups is 1. The first-order chi connectivity index (χ1) is 8.13. The standard InChI is InChI=1S/C11H12N4O2/c1-3-8-7(11(16)17)6-13-9(14-8)10-12-4-5-15(10)2/h4-6H,3H2,1-2H3,(H,16,17). The topological polar surface area (TPSA) is 80.9 Å². The van der Waals surface area contributed by atoms with Crippen molar-refractivity contribution in [2.75, 3.05) is 0 Å². The third-order valence-electron chi connectivity index (χ3n) is 2.45. The molecule has 0 amide bonds. The number of rotatable bonds is 3. The molecule has 88 valence electrons. The molecule has 0 bridgehead atoms. The summed E-state index contributed by atoms with van der Waals surface area (Å²) < 4.78 is 1.79. The maximum absolute atomic E-state index is 10.9. The van der Waals surface area contributed by atoms with Gasteiger partial charge >= 0.3 is 5.97 Å². The van der Waals surface area contributed by atoms with Crippen LogP contribution in [0.1, 0.15) is 23.0 Å². The van der Waals surface area contributed by atoms with Crippen molar-refractivity contribution in [3.63, 3.8) is 0 Å². The van der Waals surface area contributed by atoms with Crippen molar-refractivity contribution in [1.82, 2.24) is 19.5 Å². The number of hydrogen-bond acceptors (Lipinski definition) is 4. The lowest BCUT2D eigenvalue weighted by Gasteiger charge is -2.05. The molecule has 2 aromatic rings. The van der Waals surface area contributed by atoms with Crippen molar-refractivity contribution in [2.45, 2.75) is 13.3 Å². The van der Waals surface area contributed by atoms with Gasteiger partial charge in [-0.15, -0.1) is 0 Å². The fraction of sp³-hybridized carbons (Fsp3) is 0.273. The fourth-order valence-electron chi connectivity index (χ4n) is 1.55. The van der Waals surface area contributed by atoms with E-state index in [4.69, 9.17) is 5.11 Å². The SMILES string of the molecule is CCc1nc(-c2nccn2C)ncc1C(=O)O. The molecule has 0 aromatic carbocycles. The molecule has 0 saturated carbocycles. The number of hydrogen-bond donors (Lipinski definition) is 1. The summed E-state index contributed by atoms with van der Waals surface area (Å²) >= 11 is 0. The molecular weight excluding hydrogens is 220 g/mol. The Morgan fingerprint density at radius 3 is 2.76 bits per heavy atom. The van der Waals surface area contributed by atoms with E-state index in [1.165, 1.54) is 6.20 Å². The van der Waals surface area contributed by atoms with E-state index >= 15 is 0 Å². The zero-order chi connectivity index (χ0) is 12.4. The van der Waals surface area contributed by atoms with Gasteiger partial charge in [-0.3, -0.25) is 0 Å². The predicted octanol–water partition coefficient (Wildman–Crippen LogP) is 1.14. The van der Waals surface area contributed by atoms with Crippen LogP contribution >= 0.6 is 0 Å². The van der Waals surface area contributed by atoms with Crippen molar-refractivity contribution in [3.8, 4) is 11.6 Å². The highest BCUT2D eigenvalue weighted by atomic mass is 16.4. The van der Waals surface area contributed by atoms with Gasteiger partial charge in [-0.25, -0.2) is 19.7 Å². The molecule has 0 radical (unpaired) electrons. The summed E-state index contributed by atoms with van der Waals surface area (Å²) in [4.78, 5) is 23.3. The minimum atomic E-state index is -1.01. The monoisotopic (exact) mass is 232 g/mol. The van der Waals surface area contributed by atoms with E-state index in [1.54, 1.807) is 17.0 Å². The van der Waals surface area contributed by atoms with Crippen LogP contribution in [0.25, 0.3) is 11.6 Å². The number of aryl methyl sites for hydroxylation is 2. The lowest BCUT2D eigenvalue weighted by atomic mass is 10.2. The summed E-state index contributed by atoms with van der Waals surface area (Å²) in [6.07, 6.45) is 5.31. The van der Waals surface area contributed by atoms with Crippen LogP contribution in [0.2, 0.25) is 0 Å². The third-order valence-corrected chi connectivity index (χ3v) is 2.45. The molecule has 17 heavy (non-hydrogen) atoms. The van der Waals surface area contributed by atoms with Crippen molar-refractivity contribution in [1.29, 1.82) is 0 Å². The smallest absolute Gasteiger partial charge is 0.339 e. The quantitative estimate of drug-likeness (QED) is 0.858. The minimum Gasteiger partial charge on any atom is -0.478 e. The second-order valence-corrected chi connectivity index (χ2v) is 3.57. The molecule has 2 heterocycles. The maximum Gasteiger partial charge on any atom is 0.339 e. The van der Waals surface area contributed by atoms with E-state index < -0.39 is 5.97 Å². The molecule has 6 nitrogen and oxygen atoms in total. The molecule has 0 fully saturated rings. The fourth-order valence-corrected chi connectivity index (χ4v) is 1.55. The highest BCUT2D eigenvalue weighted by Gasteiger charge is 2.14. The average Bonchev–Trinajstić information content (AvgIpc) is 2.74. The second kappa shape index (κ2) is 4.32. The first-order valence-electron chi connectivity index (χ1n) is 5.20. The molecule has 0 unspecified atom stereocenters. The zero-order valence-electron chi connectivity index (χ0n) is 9.58. The lowest BCUT2D eigenvalue weighted by molar-refractivity contribution is 0.0694. The van der Waals surface area contributed by atoms with E-state index in [1.807, 2.05) is 14.0 Å². The molecule has 1 N–H and O–H groups in total. The van der Waals surface area contributed by atoms with Gasteiger partial charge in [0.05, 0.1) is 11.3 Å². The highest BCUT2D eigenvalue weighted by molar-refractivity contribution is 5.88. The summed E-state index contributed by atoms with van der Waals surface area (Å²) in [7, 11) is 1.84. The number of aromatic nitrogens is 4. The van der Waals surface area contributed by atoms with Gasteiger partial charge in [-0.1, -0.05) is 6.92 Å². The molecule has 0 saturated heterocycles. The van der Waals surface area contributed by atoms with Crippen LogP contribution in [0, 0.1) is 0 Å². The van der Waals surface area contributed by atoms with Gasteiger partial charge in [-0.05, 0) is 6.42 Å². The number of imidazole rings is 1. The molecule has 0 aliphatic rings. The normalized spacial score (nSPS) is 10.5. The van der Waals surface area contributed by atoms with E-state index in [9.17, 15) is 4.79 Å². The van der Waals surface area contributed by atoms with Gasteiger partial charge < -0.3 is 9.67 Å². The van der Waals surface area contributed by atoms with Crippen LogP contribution in [0.15, 0.2) is 18.6 Å². The third kappa shape index (κ3) is 2.01. The largest absolute Gasteiger partial charge is 0.478 e. The summed E-state index contributed by atoms with van der Waals surface area (Å²) in [5, 5.41) is 8.97. The van der Waals surface area contributed by atoms with Gasteiger partial charge in [0.1, 0.15) is 0 Å². The molecular formula is C11H12N4O2. The van der Waals surface area contributed by atoms with Crippen molar-refractivity contribution >= 4 is 5.97 Å². The van der Waals surface area contributed by atoms with Gasteiger partial charge in [0.25, 0.3) is 0 Å².